The van der Waals surface area contributed by atoms with Gasteiger partial charge in [0.1, 0.15) is 5.15 Å². The maximum Gasteiger partial charge on any atom is 0.257 e. The lowest BCUT2D eigenvalue weighted by molar-refractivity contribution is 0.102. The molecule has 0 aliphatic rings. The van der Waals surface area contributed by atoms with Crippen molar-refractivity contribution in [3.05, 3.63) is 47.0 Å². The van der Waals surface area contributed by atoms with Crippen LogP contribution in [0.2, 0.25) is 5.15 Å². The predicted molar refractivity (Wildman–Crippen MR) is 70.6 cm³/mol. The molecule has 1 amide bonds. The largest absolute Gasteiger partial charge is 0.397 e. The van der Waals surface area contributed by atoms with Gasteiger partial charge in [-0.3, -0.25) is 9.78 Å². The Labute approximate surface area is 109 Å². The second-order valence-electron chi connectivity index (χ2n) is 3.68. The second kappa shape index (κ2) is 5.01. The molecule has 0 fully saturated rings. The number of halogens is 1. The van der Waals surface area contributed by atoms with Crippen LogP contribution in [0.15, 0.2) is 30.6 Å². The van der Waals surface area contributed by atoms with Gasteiger partial charge in [0.2, 0.25) is 0 Å². The summed E-state index contributed by atoms with van der Waals surface area (Å²) >= 11 is 5.74. The summed E-state index contributed by atoms with van der Waals surface area (Å²) in [6.07, 6.45) is 3.01. The van der Waals surface area contributed by atoms with E-state index in [9.17, 15) is 4.79 Å². The van der Waals surface area contributed by atoms with Crippen molar-refractivity contribution in [2.45, 2.75) is 6.92 Å². The molecule has 0 aliphatic heterocycles. The third-order valence-corrected chi connectivity index (χ3v) is 2.61. The van der Waals surface area contributed by atoms with Crippen molar-refractivity contribution in [2.24, 2.45) is 0 Å². The van der Waals surface area contributed by atoms with Crippen LogP contribution >= 0.6 is 11.6 Å². The first-order valence-corrected chi connectivity index (χ1v) is 5.59. The smallest absolute Gasteiger partial charge is 0.257 e. The van der Waals surface area contributed by atoms with E-state index in [2.05, 4.69) is 15.3 Å². The number of nitrogens with two attached hydrogens (primary N) is 1. The van der Waals surface area contributed by atoms with Crippen LogP contribution in [0.3, 0.4) is 0 Å². The molecule has 0 bridgehead atoms. The molecule has 0 unspecified atom stereocenters. The summed E-state index contributed by atoms with van der Waals surface area (Å²) in [7, 11) is 0. The molecule has 0 atom stereocenters. The van der Waals surface area contributed by atoms with Gasteiger partial charge in [-0.25, -0.2) is 4.98 Å². The fraction of sp³-hybridized carbons (Fsp3) is 0.0833. The number of hydrogen-bond donors (Lipinski definition) is 2. The van der Waals surface area contributed by atoms with E-state index in [1.54, 1.807) is 25.3 Å². The van der Waals surface area contributed by atoms with Gasteiger partial charge in [-0.1, -0.05) is 11.6 Å². The third-order valence-electron chi connectivity index (χ3n) is 2.40. The van der Waals surface area contributed by atoms with E-state index in [-0.39, 0.29) is 16.7 Å². The number of amides is 1. The number of carbonyl (C=O) groups is 1. The van der Waals surface area contributed by atoms with Crippen molar-refractivity contribution < 1.29 is 4.79 Å². The molecule has 2 aromatic rings. The molecule has 0 aromatic carbocycles. The van der Waals surface area contributed by atoms with Crippen LogP contribution in [0.1, 0.15) is 16.1 Å². The average molecular weight is 263 g/mol. The van der Waals surface area contributed by atoms with E-state index in [1.165, 1.54) is 12.3 Å². The van der Waals surface area contributed by atoms with Crippen molar-refractivity contribution in [1.82, 2.24) is 9.97 Å². The first-order valence-electron chi connectivity index (χ1n) is 5.22. The lowest BCUT2D eigenvalue weighted by atomic mass is 10.2. The number of nitrogens with zero attached hydrogens (tertiary/aromatic N) is 2. The summed E-state index contributed by atoms with van der Waals surface area (Å²) in [5.74, 6) is -0.340. The Kier molecular flexibility index (Phi) is 3.43. The molecule has 0 aliphatic carbocycles. The molecule has 0 radical (unpaired) electrons. The standard InChI is InChI=1S/C12H11ClN4O/c1-7-10(3-2-4-15-7)17-12(18)8-5-11(13)16-6-9(8)14/h2-6H,14H2,1H3,(H,17,18). The van der Waals surface area contributed by atoms with Crippen molar-refractivity contribution in [3.8, 4) is 0 Å². The van der Waals surface area contributed by atoms with E-state index < -0.39 is 0 Å². The average Bonchev–Trinajstić information content (AvgIpc) is 2.35. The van der Waals surface area contributed by atoms with Gasteiger partial charge in [-0.05, 0) is 25.1 Å². The Balaban J connectivity index is 2.28. The fourth-order valence-electron chi connectivity index (χ4n) is 1.44. The molecule has 2 aromatic heterocycles. The number of aryl methyl sites for hydroxylation is 1. The molecule has 0 saturated heterocycles. The Morgan fingerprint density at radius 2 is 2.22 bits per heavy atom. The highest BCUT2D eigenvalue weighted by molar-refractivity contribution is 6.30. The van der Waals surface area contributed by atoms with Crippen LogP contribution in [0, 0.1) is 6.92 Å². The minimum Gasteiger partial charge on any atom is -0.397 e. The van der Waals surface area contributed by atoms with Gasteiger partial charge >= 0.3 is 0 Å². The molecule has 3 N–H and O–H groups in total. The first-order chi connectivity index (χ1) is 8.58. The highest BCUT2D eigenvalue weighted by Crippen LogP contribution is 2.18. The summed E-state index contributed by atoms with van der Waals surface area (Å²) in [5.41, 5.74) is 7.61. The Morgan fingerprint density at radius 3 is 2.94 bits per heavy atom. The van der Waals surface area contributed by atoms with Gasteiger partial charge < -0.3 is 11.1 Å². The monoisotopic (exact) mass is 262 g/mol. The number of nitrogen functional groups attached to an aromatic ring is 1. The molecule has 92 valence electrons. The molecule has 0 spiro atoms. The lowest BCUT2D eigenvalue weighted by Gasteiger charge is -2.09. The van der Waals surface area contributed by atoms with E-state index in [0.717, 1.165) is 5.69 Å². The van der Waals surface area contributed by atoms with Crippen LogP contribution in [0.4, 0.5) is 11.4 Å². The van der Waals surface area contributed by atoms with E-state index in [0.29, 0.717) is 11.3 Å². The van der Waals surface area contributed by atoms with Gasteiger partial charge in [0.25, 0.3) is 5.91 Å². The van der Waals surface area contributed by atoms with Gasteiger partial charge in [-0.15, -0.1) is 0 Å². The fourth-order valence-corrected chi connectivity index (χ4v) is 1.60. The first kappa shape index (κ1) is 12.3. The number of carbonyl (C=O) groups excluding carboxylic acids is 1. The normalized spacial score (nSPS) is 10.1. The second-order valence-corrected chi connectivity index (χ2v) is 4.07. The lowest BCUT2D eigenvalue weighted by Crippen LogP contribution is -2.15. The van der Waals surface area contributed by atoms with Crippen LogP contribution in [-0.4, -0.2) is 15.9 Å². The molecular formula is C12H11ClN4O. The van der Waals surface area contributed by atoms with Gasteiger partial charge in [0, 0.05) is 6.20 Å². The zero-order valence-corrected chi connectivity index (χ0v) is 10.4. The topological polar surface area (TPSA) is 80.9 Å². The predicted octanol–water partition coefficient (Wildman–Crippen LogP) is 2.27. The van der Waals surface area contributed by atoms with Crippen LogP contribution < -0.4 is 11.1 Å². The number of anilines is 2. The Morgan fingerprint density at radius 1 is 1.44 bits per heavy atom. The molecule has 5 nitrogen and oxygen atoms in total. The van der Waals surface area contributed by atoms with Crippen LogP contribution in [-0.2, 0) is 0 Å². The SMILES string of the molecule is Cc1ncccc1NC(=O)c1cc(Cl)ncc1N. The molecule has 0 saturated carbocycles. The maximum atomic E-state index is 12.0. The van der Waals surface area contributed by atoms with Crippen molar-refractivity contribution in [2.75, 3.05) is 11.1 Å². The maximum absolute atomic E-state index is 12.0. The molecule has 18 heavy (non-hydrogen) atoms. The number of hydrogen-bond acceptors (Lipinski definition) is 4. The van der Waals surface area contributed by atoms with Crippen molar-refractivity contribution in [1.29, 1.82) is 0 Å². The van der Waals surface area contributed by atoms with Crippen molar-refractivity contribution >= 4 is 28.9 Å². The Bertz CT molecular complexity index is 600. The molecule has 2 heterocycles. The number of pyridine rings is 2. The zero-order chi connectivity index (χ0) is 13.1. The summed E-state index contributed by atoms with van der Waals surface area (Å²) in [4.78, 5) is 19.9. The minimum atomic E-state index is -0.340. The highest BCUT2D eigenvalue weighted by Gasteiger charge is 2.12. The van der Waals surface area contributed by atoms with E-state index >= 15 is 0 Å². The number of rotatable bonds is 2. The quantitative estimate of drug-likeness (QED) is 0.814. The summed E-state index contributed by atoms with van der Waals surface area (Å²) < 4.78 is 0. The Hall–Kier alpha value is -2.14. The van der Waals surface area contributed by atoms with E-state index in [1.807, 2.05) is 0 Å². The van der Waals surface area contributed by atoms with Crippen molar-refractivity contribution in [3.63, 3.8) is 0 Å². The number of aromatic nitrogens is 2. The summed E-state index contributed by atoms with van der Waals surface area (Å²) in [6.45, 7) is 1.80. The number of nitrogens with one attached hydrogen (secondary N) is 1. The summed E-state index contributed by atoms with van der Waals surface area (Å²) in [6, 6.07) is 4.93. The third kappa shape index (κ3) is 2.57. The van der Waals surface area contributed by atoms with Gasteiger partial charge in [-0.2, -0.15) is 0 Å². The molecule has 2 rings (SSSR count). The summed E-state index contributed by atoms with van der Waals surface area (Å²) in [5, 5.41) is 2.95. The van der Waals surface area contributed by atoms with Crippen LogP contribution in [0.25, 0.3) is 0 Å². The van der Waals surface area contributed by atoms with E-state index in [4.69, 9.17) is 17.3 Å². The van der Waals surface area contributed by atoms with Gasteiger partial charge in [0.15, 0.2) is 0 Å². The van der Waals surface area contributed by atoms with Gasteiger partial charge in [0.05, 0.1) is 28.8 Å². The zero-order valence-electron chi connectivity index (χ0n) is 9.64. The van der Waals surface area contributed by atoms with Crippen LogP contribution in [0.5, 0.6) is 0 Å². The molecule has 6 heteroatoms. The minimum absolute atomic E-state index is 0.220. The molecular weight excluding hydrogens is 252 g/mol. The highest BCUT2D eigenvalue weighted by atomic mass is 35.5.